The predicted molar refractivity (Wildman–Crippen MR) is 77.5 cm³/mol. The summed E-state index contributed by atoms with van der Waals surface area (Å²) in [5, 5.41) is 9.08. The van der Waals surface area contributed by atoms with Gasteiger partial charge in [0, 0.05) is 5.69 Å². The highest BCUT2D eigenvalue weighted by Gasteiger charge is 2.16. The molecule has 1 amide bonds. The van der Waals surface area contributed by atoms with Crippen molar-refractivity contribution in [2.45, 2.75) is 6.61 Å². The second-order valence-corrected chi connectivity index (χ2v) is 4.25. The van der Waals surface area contributed by atoms with Gasteiger partial charge in [-0.1, -0.05) is 48.5 Å². The minimum Gasteiger partial charge on any atom is -0.444 e. The minimum atomic E-state index is -0.464. The summed E-state index contributed by atoms with van der Waals surface area (Å²) in [5.41, 5.74) is 1.64. The van der Waals surface area contributed by atoms with Gasteiger partial charge in [-0.2, -0.15) is 0 Å². The molecule has 20 heavy (non-hydrogen) atoms. The molecule has 0 saturated heterocycles. The highest BCUT2D eigenvalue weighted by molar-refractivity contribution is 5.87. The van der Waals surface area contributed by atoms with E-state index in [2.05, 4.69) is 0 Å². The number of hydrogen-bond acceptors (Lipinski definition) is 3. The average molecular weight is 271 g/mol. The molecule has 2 rings (SSSR count). The summed E-state index contributed by atoms with van der Waals surface area (Å²) in [6.45, 7) is 0.307. The van der Waals surface area contributed by atoms with Crippen LogP contribution in [0.5, 0.6) is 0 Å². The van der Waals surface area contributed by atoms with Gasteiger partial charge in [-0.25, -0.2) is 4.79 Å². The number of carbonyl (C=O) groups is 1. The van der Waals surface area contributed by atoms with Crippen LogP contribution in [0.25, 0.3) is 0 Å². The van der Waals surface area contributed by atoms with E-state index in [1.165, 1.54) is 4.90 Å². The van der Waals surface area contributed by atoms with Crippen LogP contribution in [0.1, 0.15) is 5.56 Å². The fraction of sp³-hybridized carbons (Fsp3) is 0.188. The number of amides is 1. The van der Waals surface area contributed by atoms with Crippen LogP contribution in [0.15, 0.2) is 60.7 Å². The summed E-state index contributed by atoms with van der Waals surface area (Å²) < 4.78 is 5.27. The highest BCUT2D eigenvalue weighted by atomic mass is 16.6. The van der Waals surface area contributed by atoms with Crippen molar-refractivity contribution in [2.24, 2.45) is 0 Å². The van der Waals surface area contributed by atoms with Gasteiger partial charge in [-0.15, -0.1) is 0 Å². The molecule has 0 atom stereocenters. The first-order valence-corrected chi connectivity index (χ1v) is 6.45. The zero-order chi connectivity index (χ0) is 14.2. The van der Waals surface area contributed by atoms with Crippen molar-refractivity contribution in [3.63, 3.8) is 0 Å². The fourth-order valence-electron chi connectivity index (χ4n) is 1.83. The number of para-hydroxylation sites is 1. The molecule has 2 aromatic carbocycles. The number of aliphatic hydroxyl groups excluding tert-OH is 1. The van der Waals surface area contributed by atoms with E-state index in [9.17, 15) is 4.79 Å². The number of anilines is 1. The molecule has 0 bridgehead atoms. The first-order valence-electron chi connectivity index (χ1n) is 6.45. The van der Waals surface area contributed by atoms with Gasteiger partial charge in [0.1, 0.15) is 6.61 Å². The molecule has 0 aliphatic heterocycles. The van der Waals surface area contributed by atoms with Gasteiger partial charge >= 0.3 is 6.09 Å². The third-order valence-corrected chi connectivity index (χ3v) is 2.82. The zero-order valence-corrected chi connectivity index (χ0v) is 11.1. The lowest BCUT2D eigenvalue weighted by Crippen LogP contribution is -2.33. The van der Waals surface area contributed by atoms with Crippen molar-refractivity contribution >= 4 is 11.8 Å². The lowest BCUT2D eigenvalue weighted by Gasteiger charge is -2.21. The molecule has 0 spiro atoms. The third-order valence-electron chi connectivity index (χ3n) is 2.82. The van der Waals surface area contributed by atoms with Crippen molar-refractivity contribution in [1.82, 2.24) is 0 Å². The summed E-state index contributed by atoms with van der Waals surface area (Å²) in [6, 6.07) is 18.6. The van der Waals surface area contributed by atoms with Crippen molar-refractivity contribution in [2.75, 3.05) is 18.1 Å². The number of ether oxygens (including phenoxy) is 1. The zero-order valence-electron chi connectivity index (χ0n) is 11.1. The van der Waals surface area contributed by atoms with Crippen LogP contribution in [0.4, 0.5) is 10.5 Å². The molecular weight excluding hydrogens is 254 g/mol. The maximum absolute atomic E-state index is 12.1. The van der Waals surface area contributed by atoms with Crippen molar-refractivity contribution < 1.29 is 14.6 Å². The molecule has 4 heteroatoms. The Kier molecular flexibility index (Phi) is 5.15. The van der Waals surface area contributed by atoms with E-state index < -0.39 is 6.09 Å². The second-order valence-electron chi connectivity index (χ2n) is 4.25. The molecule has 0 saturated carbocycles. The largest absolute Gasteiger partial charge is 0.444 e. The maximum Gasteiger partial charge on any atom is 0.414 e. The van der Waals surface area contributed by atoms with Crippen LogP contribution in [0.3, 0.4) is 0 Å². The summed E-state index contributed by atoms with van der Waals surface area (Å²) >= 11 is 0. The van der Waals surface area contributed by atoms with Gasteiger partial charge in [0.25, 0.3) is 0 Å². The van der Waals surface area contributed by atoms with Crippen LogP contribution in [-0.4, -0.2) is 24.4 Å². The number of nitrogens with zero attached hydrogens (tertiary/aromatic N) is 1. The summed E-state index contributed by atoms with van der Waals surface area (Å²) in [5.74, 6) is 0. The van der Waals surface area contributed by atoms with Gasteiger partial charge in [0.2, 0.25) is 0 Å². The first-order chi connectivity index (χ1) is 9.81. The Bertz CT molecular complexity index is 528. The summed E-state index contributed by atoms with van der Waals surface area (Å²) in [6.07, 6.45) is -0.464. The molecule has 0 aromatic heterocycles. The van der Waals surface area contributed by atoms with Crippen LogP contribution in [0.2, 0.25) is 0 Å². The van der Waals surface area contributed by atoms with Gasteiger partial charge in [-0.3, -0.25) is 4.90 Å². The standard InChI is InChI=1S/C16H17NO3/c18-12-11-17(15-9-5-2-6-10-15)16(19)20-13-14-7-3-1-4-8-14/h1-10,18H,11-13H2. The SMILES string of the molecule is O=C(OCc1ccccc1)N(CCO)c1ccccc1. The minimum absolute atomic E-state index is 0.116. The predicted octanol–water partition coefficient (Wildman–Crippen LogP) is 2.82. The smallest absolute Gasteiger partial charge is 0.414 e. The van der Waals surface area contributed by atoms with Gasteiger partial charge in [0.15, 0.2) is 0 Å². The second kappa shape index (κ2) is 7.31. The number of carbonyl (C=O) groups excluding carboxylic acids is 1. The number of aliphatic hydroxyl groups is 1. The topological polar surface area (TPSA) is 49.8 Å². The molecule has 104 valence electrons. The van der Waals surface area contributed by atoms with Crippen molar-refractivity contribution in [3.05, 3.63) is 66.2 Å². The fourth-order valence-corrected chi connectivity index (χ4v) is 1.83. The van der Waals surface area contributed by atoms with Crippen LogP contribution >= 0.6 is 0 Å². The molecule has 0 fully saturated rings. The molecule has 0 aliphatic rings. The Morgan fingerprint density at radius 1 is 1.00 bits per heavy atom. The Labute approximate surface area is 118 Å². The van der Waals surface area contributed by atoms with Gasteiger partial charge in [-0.05, 0) is 17.7 Å². The molecule has 0 radical (unpaired) electrons. The van der Waals surface area contributed by atoms with Crippen LogP contribution in [0, 0.1) is 0 Å². The normalized spacial score (nSPS) is 10.1. The monoisotopic (exact) mass is 271 g/mol. The summed E-state index contributed by atoms with van der Waals surface area (Å²) in [4.78, 5) is 13.5. The number of rotatable bonds is 5. The lowest BCUT2D eigenvalue weighted by molar-refractivity contribution is 0.145. The molecule has 0 unspecified atom stereocenters. The lowest BCUT2D eigenvalue weighted by atomic mass is 10.2. The number of benzene rings is 2. The maximum atomic E-state index is 12.1. The van der Waals surface area contributed by atoms with E-state index in [4.69, 9.17) is 9.84 Å². The van der Waals surface area contributed by atoms with E-state index in [-0.39, 0.29) is 19.8 Å². The molecule has 1 N–H and O–H groups in total. The van der Waals surface area contributed by atoms with Gasteiger partial charge < -0.3 is 9.84 Å². The van der Waals surface area contributed by atoms with Crippen LogP contribution in [-0.2, 0) is 11.3 Å². The Balaban J connectivity index is 2.01. The highest BCUT2D eigenvalue weighted by Crippen LogP contribution is 2.14. The van der Waals surface area contributed by atoms with E-state index >= 15 is 0 Å². The summed E-state index contributed by atoms with van der Waals surface area (Å²) in [7, 11) is 0. The van der Waals surface area contributed by atoms with Crippen molar-refractivity contribution in [1.29, 1.82) is 0 Å². The Morgan fingerprint density at radius 3 is 2.20 bits per heavy atom. The molecule has 0 aliphatic carbocycles. The molecule has 4 nitrogen and oxygen atoms in total. The third kappa shape index (κ3) is 3.83. The van der Waals surface area contributed by atoms with E-state index in [0.717, 1.165) is 5.56 Å². The van der Waals surface area contributed by atoms with E-state index in [1.807, 2.05) is 48.5 Å². The Hall–Kier alpha value is -2.33. The van der Waals surface area contributed by atoms with E-state index in [1.54, 1.807) is 12.1 Å². The first kappa shape index (κ1) is 14.1. The number of hydrogen-bond donors (Lipinski definition) is 1. The molecule has 2 aromatic rings. The average Bonchev–Trinajstić information content (AvgIpc) is 2.52. The Morgan fingerprint density at radius 2 is 1.60 bits per heavy atom. The van der Waals surface area contributed by atoms with Crippen LogP contribution < -0.4 is 4.90 Å². The molecule has 0 heterocycles. The van der Waals surface area contributed by atoms with Gasteiger partial charge in [0.05, 0.1) is 13.2 Å². The quantitative estimate of drug-likeness (QED) is 0.909. The molecular formula is C16H17NO3. The van der Waals surface area contributed by atoms with E-state index in [0.29, 0.717) is 5.69 Å². The van der Waals surface area contributed by atoms with Crippen molar-refractivity contribution in [3.8, 4) is 0 Å².